The van der Waals surface area contributed by atoms with Crippen molar-refractivity contribution in [3.63, 3.8) is 0 Å². The molecule has 0 aliphatic rings. The zero-order valence-corrected chi connectivity index (χ0v) is 54.3. The number of esters is 3. The molecule has 3 rings (SSSR count). The Morgan fingerprint density at radius 3 is 0.987 bits per heavy atom. The van der Waals surface area contributed by atoms with Crippen molar-refractivity contribution in [2.75, 3.05) is 0 Å². The summed E-state index contributed by atoms with van der Waals surface area (Å²) in [7, 11) is -3.56. The van der Waals surface area contributed by atoms with Crippen LogP contribution in [0.2, 0.25) is 0 Å². The molecule has 0 aliphatic heterocycles. The third-order valence-corrected chi connectivity index (χ3v) is 13.6. The van der Waals surface area contributed by atoms with Crippen molar-refractivity contribution >= 4 is 80.1 Å². The van der Waals surface area contributed by atoms with Crippen LogP contribution in [0, 0.1) is 6.92 Å². The first-order valence-corrected chi connectivity index (χ1v) is 28.3. The molecule has 0 aromatic heterocycles. The van der Waals surface area contributed by atoms with Crippen molar-refractivity contribution in [2.24, 2.45) is 4.40 Å². The molecule has 0 amide bonds. The van der Waals surface area contributed by atoms with Gasteiger partial charge in [-0.15, -0.1) is 0 Å². The summed E-state index contributed by atoms with van der Waals surface area (Å²) in [5.74, 6) is -1.01. The van der Waals surface area contributed by atoms with E-state index in [0.29, 0.717) is 16.7 Å². The molecular weight excluding hydrogens is 1080 g/mol. The predicted octanol–water partition coefficient (Wildman–Crippen LogP) is 11.1. The van der Waals surface area contributed by atoms with Crippen LogP contribution >= 0.6 is 0 Å². The summed E-state index contributed by atoms with van der Waals surface area (Å²) in [6.45, 7) is 43.6. The molecule has 0 heterocycles. The zero-order chi connectivity index (χ0) is 56.1. The fourth-order valence-electron chi connectivity index (χ4n) is 5.46. The molecule has 12 nitrogen and oxygen atoms in total. The molecule has 0 unspecified atom stereocenters. The van der Waals surface area contributed by atoms with Crippen LogP contribution in [0.15, 0.2) is 77.2 Å². The number of carbonyl (C=O) groups is 3. The van der Waals surface area contributed by atoms with E-state index in [4.69, 9.17) is 14.2 Å². The average molecular weight is 1180 g/mol. The van der Waals surface area contributed by atoms with Gasteiger partial charge in [0, 0.05) is 18.3 Å². The van der Waals surface area contributed by atoms with Gasteiger partial charge in [-0.3, -0.25) is 0 Å². The van der Waals surface area contributed by atoms with E-state index >= 15 is 0 Å². The third-order valence-electron chi connectivity index (χ3n) is 9.03. The minimum absolute atomic E-state index is 0. The van der Waals surface area contributed by atoms with Gasteiger partial charge in [0.1, 0.15) is 27.8 Å². The molecule has 424 valence electrons. The summed E-state index contributed by atoms with van der Waals surface area (Å²) in [6, 6.07) is 21.6. The standard InChI is InChI=1S/2C19H31NO3S.C16H23NO3S.C3H7.CH4.BrH.Mg/c2*1-8-9-16(20-24(22)19(5,6)7)14-10-12-15(13-11-14)17(21)23-18(2,3)4;1-15(2,3)20-14(18)13-9-7-12(8-10-13)11-17-21(19)16(4,5)6;1-3-2;;;/h2*10-13,16,20H,8-9H2,1-7H3;7-11H,1-6H3;1,3H2,2H3;1H4;1H;/q;;;-1;;;+2/p-1/t16-,24+;16-,24-;21-;;;;/m100..../s1. The molecule has 0 bridgehead atoms. The predicted molar refractivity (Wildman–Crippen MR) is 316 cm³/mol. The van der Waals surface area contributed by atoms with E-state index in [-0.39, 0.29) is 91.7 Å². The second-order valence-corrected chi connectivity index (χ2v) is 29.1. The molecule has 3 aromatic carbocycles. The van der Waals surface area contributed by atoms with E-state index in [1.165, 1.54) is 0 Å². The first kappa shape index (κ1) is 78.8. The van der Waals surface area contributed by atoms with E-state index in [2.05, 4.69) is 34.6 Å². The number of halogens is 1. The number of ether oxygens (including phenoxy) is 3. The Balaban J connectivity index is -0.000000482. The van der Waals surface area contributed by atoms with Gasteiger partial charge in [-0.2, -0.15) is 10.8 Å². The molecular formula is C58H96BrMgN3O9S3. The SMILES string of the molecule is C.CC(C)(C)OC(=O)c1ccc(C=N[S@@](=O)C(C)(C)C)cc1.CCC[C@@H](N[S@@](=O)C(C)(C)C)c1ccc(C(=O)OC(C)(C)C)cc1.CCC[C@H](N[S@@](=O)C(C)(C)C)c1ccc(C(=O)OC(C)(C)C)cc1.[Br-].[CH2-]CC.[Mg+2]. The summed E-state index contributed by atoms with van der Waals surface area (Å²) in [6.07, 6.45) is 6.28. The smallest absolute Gasteiger partial charge is 1.00 e. The van der Waals surface area contributed by atoms with Crippen molar-refractivity contribution in [1.82, 2.24) is 9.44 Å². The number of benzene rings is 3. The summed E-state index contributed by atoms with van der Waals surface area (Å²) >= 11 is 0. The van der Waals surface area contributed by atoms with Crippen LogP contribution in [0.3, 0.4) is 0 Å². The number of rotatable bonds is 15. The van der Waals surface area contributed by atoms with Gasteiger partial charge in [0.25, 0.3) is 0 Å². The molecule has 0 aliphatic carbocycles. The van der Waals surface area contributed by atoms with Gasteiger partial charge in [0.05, 0.1) is 52.9 Å². The fourth-order valence-corrected chi connectivity index (χ4v) is 7.73. The van der Waals surface area contributed by atoms with E-state index in [1.807, 2.05) is 156 Å². The topological polar surface area (TPSA) is 167 Å². The van der Waals surface area contributed by atoms with Gasteiger partial charge in [0.2, 0.25) is 0 Å². The Hall–Kier alpha value is -2.64. The number of nitrogens with zero attached hydrogens (tertiary/aromatic N) is 1. The molecule has 3 aromatic rings. The number of nitrogens with one attached hydrogen (secondary N) is 2. The molecule has 0 spiro atoms. The molecule has 0 fully saturated rings. The molecule has 2 N–H and O–H groups in total. The van der Waals surface area contributed by atoms with Crippen LogP contribution in [0.5, 0.6) is 0 Å². The Labute approximate surface area is 489 Å². The van der Waals surface area contributed by atoms with Crippen LogP contribution in [0.4, 0.5) is 0 Å². The van der Waals surface area contributed by atoms with E-state index < -0.39 is 49.8 Å². The number of hydrogen-bond acceptors (Lipinski definition) is 9. The van der Waals surface area contributed by atoms with Gasteiger partial charge in [-0.05, 0) is 191 Å². The fraction of sp³-hybridized carbons (Fsp3) is 0.603. The maximum Gasteiger partial charge on any atom is 2.00 e. The number of carbonyl (C=O) groups excluding carboxylic acids is 3. The van der Waals surface area contributed by atoms with Crippen LogP contribution in [0.1, 0.15) is 245 Å². The minimum Gasteiger partial charge on any atom is -1.00 e. The molecule has 0 saturated carbocycles. The van der Waals surface area contributed by atoms with Crippen molar-refractivity contribution < 1.29 is 58.2 Å². The van der Waals surface area contributed by atoms with Crippen LogP contribution < -0.4 is 26.4 Å². The summed E-state index contributed by atoms with van der Waals surface area (Å²) < 4.78 is 62.1. The van der Waals surface area contributed by atoms with Crippen molar-refractivity contribution in [3.05, 3.63) is 113 Å². The van der Waals surface area contributed by atoms with Crippen LogP contribution in [-0.2, 0) is 47.2 Å². The Kier molecular flexibility index (Phi) is 37.6. The first-order valence-electron chi connectivity index (χ1n) is 24.9. The van der Waals surface area contributed by atoms with Crippen molar-refractivity contribution in [3.8, 4) is 0 Å². The third kappa shape index (κ3) is 34.8. The molecule has 0 saturated heterocycles. The zero-order valence-electron chi connectivity index (χ0n) is 48.8. The van der Waals surface area contributed by atoms with Crippen molar-refractivity contribution in [2.45, 2.75) is 228 Å². The monoisotopic (exact) mass is 1180 g/mol. The van der Waals surface area contributed by atoms with Gasteiger partial charge < -0.3 is 38.1 Å². The summed E-state index contributed by atoms with van der Waals surface area (Å²) in [4.78, 5) is 36.0. The van der Waals surface area contributed by atoms with E-state index in [0.717, 1.165) is 48.8 Å². The number of hydrogen-bond donors (Lipinski definition) is 2. The van der Waals surface area contributed by atoms with Crippen LogP contribution in [-0.4, -0.2) is 90.8 Å². The molecule has 17 heteroatoms. The second-order valence-electron chi connectivity index (χ2n) is 23.1. The van der Waals surface area contributed by atoms with E-state index in [1.54, 1.807) is 54.7 Å². The largest absolute Gasteiger partial charge is 2.00 e. The van der Waals surface area contributed by atoms with Crippen molar-refractivity contribution in [1.29, 1.82) is 0 Å². The Morgan fingerprint density at radius 1 is 0.520 bits per heavy atom. The first-order chi connectivity index (χ1) is 32.8. The summed E-state index contributed by atoms with van der Waals surface area (Å²) in [5.41, 5.74) is 2.86. The Morgan fingerprint density at radius 2 is 0.773 bits per heavy atom. The average Bonchev–Trinajstić information content (AvgIpc) is 3.23. The van der Waals surface area contributed by atoms with Crippen LogP contribution in [0.25, 0.3) is 0 Å². The maximum absolute atomic E-state index is 12.4. The molecule has 5 atom stereocenters. The summed E-state index contributed by atoms with van der Waals surface area (Å²) in [5, 5.41) is 0. The van der Waals surface area contributed by atoms with Gasteiger partial charge in [-0.1, -0.05) is 77.4 Å². The Bertz CT molecular complexity index is 2110. The maximum atomic E-state index is 12.4. The van der Waals surface area contributed by atoms with E-state index in [9.17, 15) is 27.0 Å². The van der Waals surface area contributed by atoms with Gasteiger partial charge >= 0.3 is 41.0 Å². The van der Waals surface area contributed by atoms with Gasteiger partial charge in [-0.25, -0.2) is 36.5 Å². The normalized spacial score (nSPS) is 13.8. The minimum atomic E-state index is -1.29. The van der Waals surface area contributed by atoms with Gasteiger partial charge in [0.15, 0.2) is 0 Å². The second kappa shape index (κ2) is 35.8. The quantitative estimate of drug-likeness (QED) is 0.0495. The molecule has 0 radical (unpaired) electrons. The molecule has 75 heavy (non-hydrogen) atoms.